The fraction of sp³-hybridized carbons (Fsp3) is 0.200. The van der Waals surface area contributed by atoms with Gasteiger partial charge >= 0.3 is 0 Å². The van der Waals surface area contributed by atoms with Crippen LogP contribution in [-0.4, -0.2) is 0 Å². The van der Waals surface area contributed by atoms with E-state index in [0.717, 1.165) is 19.3 Å². The van der Waals surface area contributed by atoms with Crippen molar-refractivity contribution in [2.45, 2.75) is 19.3 Å². The van der Waals surface area contributed by atoms with Crippen molar-refractivity contribution in [2.24, 2.45) is 0 Å². The molecular weight excluding hydrogens is 211 g/mol. The molecule has 0 fully saturated rings. The monoisotopic (exact) mass is 226 g/mol. The van der Waals surface area contributed by atoms with Gasteiger partial charge in [-0.1, -0.05) is 54.7 Å². The highest BCUT2D eigenvalue weighted by Crippen LogP contribution is 2.62. The highest BCUT2D eigenvalue weighted by molar-refractivity contribution is 7.71. The van der Waals surface area contributed by atoms with Crippen molar-refractivity contribution in [1.29, 1.82) is 0 Å². The topological polar surface area (TPSA) is 0 Å². The molecule has 80 valence electrons. The highest BCUT2D eigenvalue weighted by Gasteiger charge is 2.21. The summed E-state index contributed by atoms with van der Waals surface area (Å²) in [6, 6.07) is 0. The van der Waals surface area contributed by atoms with Crippen LogP contribution in [0.1, 0.15) is 19.3 Å². The molecule has 0 spiro atoms. The first-order chi connectivity index (χ1) is 7.95. The SMILES string of the molecule is C1=CC(P(C2=CCC=C2)C2=CCC=C2)=CC1. The van der Waals surface area contributed by atoms with Crippen molar-refractivity contribution in [3.8, 4) is 0 Å². The highest BCUT2D eigenvalue weighted by atomic mass is 31.1. The molecule has 0 unspecified atom stereocenters. The molecule has 0 aliphatic heterocycles. The standard InChI is InChI=1S/C15H15P/c1-2-8-13(7-1)16(14-9-3-4-10-14)15-11-5-6-12-15/h1,3,5,7-12H,2,4,6H2. The quantitative estimate of drug-likeness (QED) is 0.594. The lowest BCUT2D eigenvalue weighted by molar-refractivity contribution is 1.44. The average Bonchev–Trinajstić information content (AvgIpc) is 3.02. The summed E-state index contributed by atoms with van der Waals surface area (Å²) in [7, 11) is -0.241. The van der Waals surface area contributed by atoms with Crippen LogP contribution in [0.25, 0.3) is 0 Å². The van der Waals surface area contributed by atoms with Gasteiger partial charge in [0, 0.05) is 0 Å². The second kappa shape index (κ2) is 4.39. The van der Waals surface area contributed by atoms with E-state index in [4.69, 9.17) is 0 Å². The van der Waals surface area contributed by atoms with Crippen LogP contribution in [0.4, 0.5) is 0 Å². The van der Waals surface area contributed by atoms with E-state index in [1.54, 1.807) is 0 Å². The molecule has 0 N–H and O–H groups in total. The molecule has 0 radical (unpaired) electrons. The van der Waals surface area contributed by atoms with Crippen LogP contribution in [0, 0.1) is 0 Å². The van der Waals surface area contributed by atoms with Gasteiger partial charge in [0.2, 0.25) is 0 Å². The Balaban J connectivity index is 1.97. The number of rotatable bonds is 3. The zero-order chi connectivity index (χ0) is 10.8. The Bertz CT molecular complexity index is 398. The minimum atomic E-state index is -0.241. The summed E-state index contributed by atoms with van der Waals surface area (Å²) >= 11 is 0. The third-order valence-corrected chi connectivity index (χ3v) is 5.57. The van der Waals surface area contributed by atoms with Crippen LogP contribution in [0.5, 0.6) is 0 Å². The minimum absolute atomic E-state index is 0.241. The maximum Gasteiger partial charge on any atom is -0.0144 e. The first kappa shape index (κ1) is 10.1. The molecule has 0 aromatic carbocycles. The van der Waals surface area contributed by atoms with E-state index in [2.05, 4.69) is 54.7 Å². The summed E-state index contributed by atoms with van der Waals surface area (Å²) in [4.78, 5) is 0. The van der Waals surface area contributed by atoms with Gasteiger partial charge in [0.1, 0.15) is 0 Å². The smallest absolute Gasteiger partial charge is 0.0144 e. The van der Waals surface area contributed by atoms with Gasteiger partial charge in [0.25, 0.3) is 0 Å². The molecule has 0 bridgehead atoms. The molecular formula is C15H15P. The van der Waals surface area contributed by atoms with E-state index in [1.165, 1.54) is 15.9 Å². The van der Waals surface area contributed by atoms with Gasteiger partial charge in [0.15, 0.2) is 0 Å². The fourth-order valence-electron chi connectivity index (χ4n) is 2.28. The summed E-state index contributed by atoms with van der Waals surface area (Å²) in [5, 5.41) is 4.60. The maximum absolute atomic E-state index is 2.38. The van der Waals surface area contributed by atoms with Gasteiger partial charge in [-0.15, -0.1) is 0 Å². The van der Waals surface area contributed by atoms with E-state index < -0.39 is 0 Å². The summed E-state index contributed by atoms with van der Waals surface area (Å²) in [5.41, 5.74) is 0. The van der Waals surface area contributed by atoms with Crippen molar-refractivity contribution in [1.82, 2.24) is 0 Å². The lowest BCUT2D eigenvalue weighted by atomic mass is 10.5. The Morgan fingerprint density at radius 1 is 0.625 bits per heavy atom. The van der Waals surface area contributed by atoms with Crippen LogP contribution in [-0.2, 0) is 0 Å². The molecule has 0 saturated carbocycles. The molecule has 0 atom stereocenters. The first-order valence-corrected chi connectivity index (χ1v) is 7.19. The van der Waals surface area contributed by atoms with E-state index in [1.807, 2.05) is 0 Å². The second-order valence-electron chi connectivity index (χ2n) is 4.14. The third-order valence-electron chi connectivity index (χ3n) is 3.03. The first-order valence-electron chi connectivity index (χ1n) is 5.85. The zero-order valence-electron chi connectivity index (χ0n) is 9.26. The second-order valence-corrected chi connectivity index (χ2v) is 6.36. The lowest BCUT2D eigenvalue weighted by Gasteiger charge is -2.19. The van der Waals surface area contributed by atoms with Crippen LogP contribution in [0.2, 0.25) is 0 Å². The summed E-state index contributed by atoms with van der Waals surface area (Å²) < 4.78 is 0. The molecule has 16 heavy (non-hydrogen) atoms. The molecule has 0 saturated heterocycles. The van der Waals surface area contributed by atoms with Crippen LogP contribution < -0.4 is 0 Å². The molecule has 0 amide bonds. The van der Waals surface area contributed by atoms with Gasteiger partial charge in [0.05, 0.1) is 0 Å². The number of allylic oxidation sites excluding steroid dienone is 12. The van der Waals surface area contributed by atoms with E-state index in [-0.39, 0.29) is 7.92 Å². The summed E-state index contributed by atoms with van der Waals surface area (Å²) in [6.45, 7) is 0. The lowest BCUT2D eigenvalue weighted by Crippen LogP contribution is -1.82. The molecule has 3 aliphatic carbocycles. The van der Waals surface area contributed by atoms with Crippen molar-refractivity contribution in [3.63, 3.8) is 0 Å². The van der Waals surface area contributed by atoms with Crippen molar-refractivity contribution in [3.05, 3.63) is 70.6 Å². The van der Waals surface area contributed by atoms with Crippen LogP contribution in [0.3, 0.4) is 0 Å². The van der Waals surface area contributed by atoms with E-state index in [0.29, 0.717) is 0 Å². The van der Waals surface area contributed by atoms with Gasteiger partial charge in [-0.25, -0.2) is 0 Å². The Morgan fingerprint density at radius 3 is 1.25 bits per heavy atom. The third kappa shape index (κ3) is 1.79. The predicted molar refractivity (Wildman–Crippen MR) is 72.4 cm³/mol. The van der Waals surface area contributed by atoms with Gasteiger partial charge in [-0.05, 0) is 43.1 Å². The zero-order valence-corrected chi connectivity index (χ0v) is 10.2. The van der Waals surface area contributed by atoms with Crippen molar-refractivity contribution >= 4 is 7.92 Å². The maximum atomic E-state index is 2.38. The van der Waals surface area contributed by atoms with Crippen LogP contribution in [0.15, 0.2) is 70.6 Å². The molecule has 0 aromatic rings. The fourth-order valence-corrected chi connectivity index (χ4v) is 4.80. The molecule has 1 heteroatoms. The molecule has 3 aliphatic rings. The summed E-state index contributed by atoms with van der Waals surface area (Å²) in [5.74, 6) is 0. The number of hydrogen-bond acceptors (Lipinski definition) is 0. The van der Waals surface area contributed by atoms with Gasteiger partial charge < -0.3 is 0 Å². The molecule has 3 rings (SSSR count). The van der Waals surface area contributed by atoms with E-state index >= 15 is 0 Å². The Kier molecular flexibility index (Phi) is 2.76. The normalized spacial score (nSPS) is 21.9. The molecule has 0 heterocycles. The Hall–Kier alpha value is -1.13. The van der Waals surface area contributed by atoms with Gasteiger partial charge in [-0.2, -0.15) is 0 Å². The molecule has 0 aromatic heterocycles. The van der Waals surface area contributed by atoms with Gasteiger partial charge in [-0.3, -0.25) is 0 Å². The predicted octanol–water partition coefficient (Wildman–Crippen LogP) is 5.00. The van der Waals surface area contributed by atoms with Crippen molar-refractivity contribution < 1.29 is 0 Å². The summed E-state index contributed by atoms with van der Waals surface area (Å²) in [6.07, 6.45) is 24.2. The van der Waals surface area contributed by atoms with Crippen LogP contribution >= 0.6 is 7.92 Å². The molecule has 0 nitrogen and oxygen atoms in total. The number of hydrogen-bond donors (Lipinski definition) is 0. The Labute approximate surface area is 98.2 Å². The Morgan fingerprint density at radius 2 is 1.00 bits per heavy atom. The van der Waals surface area contributed by atoms with E-state index in [9.17, 15) is 0 Å². The van der Waals surface area contributed by atoms with Crippen molar-refractivity contribution in [2.75, 3.05) is 0 Å². The average molecular weight is 226 g/mol. The largest absolute Gasteiger partial charge is 0.0801 e. The minimum Gasteiger partial charge on any atom is -0.0801 e.